The van der Waals surface area contributed by atoms with Gasteiger partial charge in [-0.1, -0.05) is 13.0 Å². The van der Waals surface area contributed by atoms with Crippen molar-refractivity contribution in [1.82, 2.24) is 0 Å². The number of hydrogen-bond donors (Lipinski definition) is 0. The molecule has 0 bridgehead atoms. The highest BCUT2D eigenvalue weighted by molar-refractivity contribution is 14.1. The minimum Gasteiger partial charge on any atom is -0.371 e. The molecule has 1 fully saturated rings. The maximum Gasteiger partial charge on any atom is 0.138 e. The second-order valence-electron chi connectivity index (χ2n) is 4.24. The Kier molecular flexibility index (Phi) is 3.49. The summed E-state index contributed by atoms with van der Waals surface area (Å²) < 4.78 is 14.1. The summed E-state index contributed by atoms with van der Waals surface area (Å²) in [5, 5.41) is 0. The van der Waals surface area contributed by atoms with Crippen molar-refractivity contribution in [1.29, 1.82) is 0 Å². The largest absolute Gasteiger partial charge is 0.371 e. The second-order valence-corrected chi connectivity index (χ2v) is 5.32. The van der Waals surface area contributed by atoms with Gasteiger partial charge in [-0.05, 0) is 53.5 Å². The molecule has 0 atom stereocenters. The van der Waals surface area contributed by atoms with E-state index in [-0.39, 0.29) is 5.82 Å². The van der Waals surface area contributed by atoms with Crippen LogP contribution < -0.4 is 4.90 Å². The summed E-state index contributed by atoms with van der Waals surface area (Å²) in [6.45, 7) is 4.40. The molecule has 1 heterocycles. The van der Waals surface area contributed by atoms with E-state index in [9.17, 15) is 4.39 Å². The molecular weight excluding hydrogens is 304 g/mol. The highest BCUT2D eigenvalue weighted by Crippen LogP contribution is 2.28. The van der Waals surface area contributed by atoms with Crippen LogP contribution in [-0.4, -0.2) is 13.1 Å². The van der Waals surface area contributed by atoms with Crippen molar-refractivity contribution < 1.29 is 4.39 Å². The zero-order valence-corrected chi connectivity index (χ0v) is 11.0. The number of benzene rings is 1. The normalized spacial score (nSPS) is 18.2. The first-order valence-electron chi connectivity index (χ1n) is 5.37. The highest BCUT2D eigenvalue weighted by atomic mass is 127. The minimum atomic E-state index is -0.105. The summed E-state index contributed by atoms with van der Waals surface area (Å²) in [6.07, 6.45) is 2.43. The third kappa shape index (κ3) is 2.44. The number of hydrogen-bond acceptors (Lipinski definition) is 1. The van der Waals surface area contributed by atoms with Crippen molar-refractivity contribution in [3.05, 3.63) is 27.6 Å². The third-order valence-electron chi connectivity index (χ3n) is 3.06. The summed E-state index contributed by atoms with van der Waals surface area (Å²) in [7, 11) is 0. The van der Waals surface area contributed by atoms with Crippen LogP contribution in [0.5, 0.6) is 0 Å². The predicted molar refractivity (Wildman–Crippen MR) is 69.7 cm³/mol. The van der Waals surface area contributed by atoms with E-state index in [0.29, 0.717) is 0 Å². The Labute approximate surface area is 104 Å². The van der Waals surface area contributed by atoms with E-state index < -0.39 is 0 Å². The van der Waals surface area contributed by atoms with Gasteiger partial charge in [-0.3, -0.25) is 0 Å². The van der Waals surface area contributed by atoms with Crippen LogP contribution in [0, 0.1) is 15.3 Å². The molecule has 0 spiro atoms. The predicted octanol–water partition coefficient (Wildman–Crippen LogP) is 3.67. The van der Waals surface area contributed by atoms with Gasteiger partial charge in [0.25, 0.3) is 0 Å². The molecule has 1 aliphatic heterocycles. The van der Waals surface area contributed by atoms with E-state index in [1.807, 2.05) is 6.07 Å². The van der Waals surface area contributed by atoms with Crippen molar-refractivity contribution >= 4 is 28.3 Å². The van der Waals surface area contributed by atoms with Crippen molar-refractivity contribution in [3.63, 3.8) is 0 Å². The molecule has 1 aromatic rings. The first kappa shape index (κ1) is 11.2. The fourth-order valence-corrected chi connectivity index (χ4v) is 2.69. The second kappa shape index (κ2) is 4.68. The number of rotatable bonds is 1. The average molecular weight is 319 g/mol. The lowest BCUT2D eigenvalue weighted by molar-refractivity contribution is 0.437. The molecule has 0 unspecified atom stereocenters. The van der Waals surface area contributed by atoms with E-state index in [2.05, 4.69) is 34.4 Å². The van der Waals surface area contributed by atoms with Gasteiger partial charge in [0.15, 0.2) is 0 Å². The van der Waals surface area contributed by atoms with Gasteiger partial charge in [0, 0.05) is 13.1 Å². The van der Waals surface area contributed by atoms with Gasteiger partial charge >= 0.3 is 0 Å². The fourth-order valence-electron chi connectivity index (χ4n) is 1.99. The molecule has 2 rings (SSSR count). The molecule has 1 nitrogen and oxygen atoms in total. The van der Waals surface area contributed by atoms with Crippen molar-refractivity contribution in [2.24, 2.45) is 5.92 Å². The summed E-state index contributed by atoms with van der Waals surface area (Å²) in [5.74, 6) is 0.708. The van der Waals surface area contributed by atoms with Crippen LogP contribution in [0.3, 0.4) is 0 Å². The van der Waals surface area contributed by atoms with Crippen LogP contribution in [0.2, 0.25) is 0 Å². The Balaban J connectivity index is 2.19. The quantitative estimate of drug-likeness (QED) is 0.714. The van der Waals surface area contributed by atoms with Crippen LogP contribution >= 0.6 is 22.6 Å². The molecule has 0 aliphatic carbocycles. The van der Waals surface area contributed by atoms with Gasteiger partial charge in [0.1, 0.15) is 5.82 Å². The van der Waals surface area contributed by atoms with Crippen LogP contribution in [0.4, 0.5) is 10.1 Å². The van der Waals surface area contributed by atoms with Crippen LogP contribution in [0.1, 0.15) is 19.8 Å². The van der Waals surface area contributed by atoms with Crippen molar-refractivity contribution in [3.8, 4) is 0 Å². The molecule has 1 saturated heterocycles. The number of halogens is 2. The van der Waals surface area contributed by atoms with Gasteiger partial charge in [-0.2, -0.15) is 0 Å². The Morgan fingerprint density at radius 1 is 1.33 bits per heavy atom. The first-order chi connectivity index (χ1) is 7.18. The third-order valence-corrected chi connectivity index (χ3v) is 4.12. The van der Waals surface area contributed by atoms with Gasteiger partial charge in [-0.25, -0.2) is 4.39 Å². The average Bonchev–Trinajstić information content (AvgIpc) is 2.24. The maximum absolute atomic E-state index is 13.4. The monoisotopic (exact) mass is 319 g/mol. The standard InChI is InChI=1S/C12H15FIN/c1-9-5-7-15(8-6-9)11-4-2-3-10(13)12(11)14/h2-4,9H,5-8H2,1H3. The molecule has 0 aromatic heterocycles. The molecule has 0 saturated carbocycles. The Bertz CT molecular complexity index is 345. The van der Waals surface area contributed by atoms with Gasteiger partial charge in [-0.15, -0.1) is 0 Å². The van der Waals surface area contributed by atoms with E-state index in [1.54, 1.807) is 6.07 Å². The molecule has 82 valence electrons. The van der Waals surface area contributed by atoms with Gasteiger partial charge in [0.05, 0.1) is 9.26 Å². The lowest BCUT2D eigenvalue weighted by Crippen LogP contribution is -2.33. The van der Waals surface area contributed by atoms with Gasteiger partial charge < -0.3 is 4.90 Å². The van der Waals surface area contributed by atoms with Crippen LogP contribution in [-0.2, 0) is 0 Å². The molecule has 15 heavy (non-hydrogen) atoms. The Morgan fingerprint density at radius 3 is 2.67 bits per heavy atom. The Hall–Kier alpha value is -0.320. The Morgan fingerprint density at radius 2 is 2.00 bits per heavy atom. The lowest BCUT2D eigenvalue weighted by Gasteiger charge is -2.32. The summed E-state index contributed by atoms with van der Waals surface area (Å²) in [5.41, 5.74) is 1.06. The number of anilines is 1. The van der Waals surface area contributed by atoms with E-state index in [4.69, 9.17) is 0 Å². The van der Waals surface area contributed by atoms with Gasteiger partial charge in [0.2, 0.25) is 0 Å². The maximum atomic E-state index is 13.4. The summed E-state index contributed by atoms with van der Waals surface area (Å²) in [4.78, 5) is 2.30. The van der Waals surface area contributed by atoms with E-state index in [0.717, 1.165) is 28.3 Å². The SMILES string of the molecule is CC1CCN(c2cccc(F)c2I)CC1. The molecule has 0 amide bonds. The number of nitrogens with zero attached hydrogens (tertiary/aromatic N) is 1. The molecular formula is C12H15FIN. The first-order valence-corrected chi connectivity index (χ1v) is 6.45. The highest BCUT2D eigenvalue weighted by Gasteiger charge is 2.18. The summed E-state index contributed by atoms with van der Waals surface area (Å²) in [6, 6.07) is 5.34. The smallest absolute Gasteiger partial charge is 0.138 e. The molecule has 3 heteroatoms. The number of piperidine rings is 1. The van der Waals surface area contributed by atoms with E-state index >= 15 is 0 Å². The van der Waals surface area contributed by atoms with Crippen LogP contribution in [0.25, 0.3) is 0 Å². The lowest BCUT2D eigenvalue weighted by atomic mass is 9.99. The molecule has 0 radical (unpaired) electrons. The van der Waals surface area contributed by atoms with Crippen molar-refractivity contribution in [2.75, 3.05) is 18.0 Å². The van der Waals surface area contributed by atoms with Crippen LogP contribution in [0.15, 0.2) is 18.2 Å². The zero-order chi connectivity index (χ0) is 10.8. The topological polar surface area (TPSA) is 3.24 Å². The zero-order valence-electron chi connectivity index (χ0n) is 8.84. The summed E-state index contributed by atoms with van der Waals surface area (Å²) >= 11 is 2.10. The molecule has 1 aliphatic rings. The molecule has 1 aromatic carbocycles. The minimum absolute atomic E-state index is 0.105. The fraction of sp³-hybridized carbons (Fsp3) is 0.500. The molecule has 0 N–H and O–H groups in total. The van der Waals surface area contributed by atoms with E-state index in [1.165, 1.54) is 18.9 Å². The van der Waals surface area contributed by atoms with Crippen molar-refractivity contribution in [2.45, 2.75) is 19.8 Å².